The fraction of sp³-hybridized carbons (Fsp3) is 0.857. The molecule has 2 rings (SSSR count). The van der Waals surface area contributed by atoms with E-state index in [2.05, 4.69) is 33.8 Å². The van der Waals surface area contributed by atoms with Gasteiger partial charge in [0.2, 0.25) is 0 Å². The van der Waals surface area contributed by atoms with Crippen molar-refractivity contribution in [3.05, 3.63) is 11.5 Å². The van der Waals surface area contributed by atoms with Gasteiger partial charge in [-0.3, -0.25) is 0 Å². The molecule has 1 fully saturated rings. The van der Waals surface area contributed by atoms with Crippen molar-refractivity contribution in [2.75, 3.05) is 14.2 Å². The second kappa shape index (κ2) is 5.21. The van der Waals surface area contributed by atoms with Crippen LogP contribution in [-0.4, -0.2) is 38.8 Å². The number of ether oxygens (including phenoxy) is 2. The summed E-state index contributed by atoms with van der Waals surface area (Å²) < 4.78 is 22.8. The van der Waals surface area contributed by atoms with E-state index in [9.17, 15) is 0 Å². The topological polar surface area (TPSA) is 36.9 Å². The molecule has 0 N–H and O–H groups in total. The van der Waals surface area contributed by atoms with Gasteiger partial charge in [-0.15, -0.1) is 0 Å². The molecule has 1 heterocycles. The first kappa shape index (κ1) is 15.0. The summed E-state index contributed by atoms with van der Waals surface area (Å²) in [6.07, 6.45) is 4.01. The highest BCUT2D eigenvalue weighted by molar-refractivity contribution is 6.54. The van der Waals surface area contributed by atoms with Crippen molar-refractivity contribution in [3.8, 4) is 0 Å². The first-order valence-corrected chi connectivity index (χ1v) is 6.92. The highest BCUT2D eigenvalue weighted by Crippen LogP contribution is 2.41. The van der Waals surface area contributed by atoms with Gasteiger partial charge in [-0.25, -0.2) is 0 Å². The minimum absolute atomic E-state index is 0.181. The molecule has 0 saturated carbocycles. The highest BCUT2D eigenvalue weighted by atomic mass is 16.7. The molecule has 0 bridgehead atoms. The first-order chi connectivity index (χ1) is 8.80. The van der Waals surface area contributed by atoms with Crippen molar-refractivity contribution in [1.29, 1.82) is 0 Å². The van der Waals surface area contributed by atoms with E-state index in [0.29, 0.717) is 0 Å². The van der Waals surface area contributed by atoms with Crippen molar-refractivity contribution >= 4 is 7.12 Å². The SMILES string of the molecule is COC(OC)[C@H]1C=C(B2OC(C)(C)C(C)(C)O2)CC1. The van der Waals surface area contributed by atoms with Crippen molar-refractivity contribution in [2.45, 2.75) is 58.0 Å². The van der Waals surface area contributed by atoms with Crippen LogP contribution < -0.4 is 0 Å². The number of methoxy groups -OCH3 is 2. The van der Waals surface area contributed by atoms with Crippen LogP contribution >= 0.6 is 0 Å². The van der Waals surface area contributed by atoms with Gasteiger partial charge in [-0.2, -0.15) is 0 Å². The van der Waals surface area contributed by atoms with Crippen LogP contribution in [0.1, 0.15) is 40.5 Å². The zero-order valence-corrected chi connectivity index (χ0v) is 12.9. The lowest BCUT2D eigenvalue weighted by molar-refractivity contribution is -0.126. The normalized spacial score (nSPS) is 29.1. The lowest BCUT2D eigenvalue weighted by Gasteiger charge is -2.32. The van der Waals surface area contributed by atoms with Gasteiger partial charge in [0.25, 0.3) is 0 Å². The van der Waals surface area contributed by atoms with Gasteiger partial charge < -0.3 is 18.8 Å². The van der Waals surface area contributed by atoms with Crippen LogP contribution in [-0.2, 0) is 18.8 Å². The van der Waals surface area contributed by atoms with E-state index in [1.165, 1.54) is 5.47 Å². The Morgan fingerprint density at radius 1 is 1.16 bits per heavy atom. The van der Waals surface area contributed by atoms with Crippen molar-refractivity contribution in [3.63, 3.8) is 0 Å². The summed E-state index contributed by atoms with van der Waals surface area (Å²) in [6, 6.07) is 0. The van der Waals surface area contributed by atoms with Crippen LogP contribution in [0, 0.1) is 5.92 Å². The van der Waals surface area contributed by atoms with Crippen LogP contribution in [0.4, 0.5) is 0 Å². The summed E-state index contributed by atoms with van der Waals surface area (Å²) in [5.41, 5.74) is 0.652. The molecule has 1 saturated heterocycles. The molecule has 0 aromatic carbocycles. The van der Waals surface area contributed by atoms with E-state index in [1.807, 2.05) is 0 Å². The van der Waals surface area contributed by atoms with Gasteiger partial charge in [0, 0.05) is 20.1 Å². The molecule has 0 amide bonds. The number of rotatable bonds is 4. The molecule has 4 nitrogen and oxygen atoms in total. The van der Waals surface area contributed by atoms with Crippen LogP contribution in [0.5, 0.6) is 0 Å². The summed E-state index contributed by atoms with van der Waals surface area (Å²) in [6.45, 7) is 8.31. The van der Waals surface area contributed by atoms with E-state index in [1.54, 1.807) is 14.2 Å². The molecule has 108 valence electrons. The second-order valence-corrected chi connectivity index (χ2v) is 6.37. The molecular weight excluding hydrogens is 243 g/mol. The summed E-state index contributed by atoms with van der Waals surface area (Å²) in [4.78, 5) is 0. The van der Waals surface area contributed by atoms with Gasteiger partial charge >= 0.3 is 7.12 Å². The maximum Gasteiger partial charge on any atom is 0.490 e. The Labute approximate surface area is 116 Å². The zero-order chi connectivity index (χ0) is 14.3. The van der Waals surface area contributed by atoms with Crippen LogP contribution in [0.3, 0.4) is 0 Å². The van der Waals surface area contributed by atoms with Gasteiger partial charge in [0.1, 0.15) is 0 Å². The minimum Gasteiger partial charge on any atom is -0.400 e. The molecule has 0 radical (unpaired) electrons. The zero-order valence-electron chi connectivity index (χ0n) is 12.9. The van der Waals surface area contributed by atoms with E-state index in [4.69, 9.17) is 18.8 Å². The van der Waals surface area contributed by atoms with Gasteiger partial charge in [-0.05, 0) is 46.0 Å². The Balaban J connectivity index is 2.07. The molecule has 2 aliphatic rings. The molecule has 19 heavy (non-hydrogen) atoms. The quantitative estimate of drug-likeness (QED) is 0.580. The molecule has 1 aliphatic carbocycles. The van der Waals surface area contributed by atoms with Crippen LogP contribution in [0.15, 0.2) is 11.5 Å². The van der Waals surface area contributed by atoms with Crippen LogP contribution in [0.25, 0.3) is 0 Å². The Morgan fingerprint density at radius 3 is 2.16 bits per heavy atom. The Kier molecular flexibility index (Phi) is 4.12. The standard InChI is InChI=1S/C14H25BO4/c1-13(2)14(3,4)19-15(18-13)11-8-7-10(9-11)12(16-5)17-6/h9-10,12H,7-8H2,1-6H3/t10-/m1/s1. The fourth-order valence-corrected chi connectivity index (χ4v) is 2.63. The summed E-state index contributed by atoms with van der Waals surface area (Å²) in [7, 11) is 3.12. The van der Waals surface area contributed by atoms with E-state index in [-0.39, 0.29) is 30.5 Å². The van der Waals surface area contributed by atoms with Crippen molar-refractivity contribution < 1.29 is 18.8 Å². The second-order valence-electron chi connectivity index (χ2n) is 6.37. The maximum absolute atomic E-state index is 6.07. The first-order valence-electron chi connectivity index (χ1n) is 6.92. The predicted octanol–water partition coefficient (Wildman–Crippen LogP) is 2.57. The summed E-state index contributed by atoms with van der Waals surface area (Å²) in [5.74, 6) is 0.282. The van der Waals surface area contributed by atoms with E-state index < -0.39 is 0 Å². The molecule has 0 aromatic rings. The third kappa shape index (κ3) is 2.75. The summed E-state index contributed by atoms with van der Waals surface area (Å²) >= 11 is 0. The molecule has 1 aliphatic heterocycles. The minimum atomic E-state index is -0.279. The number of hydrogen-bond donors (Lipinski definition) is 0. The average Bonchev–Trinajstić information content (AvgIpc) is 2.85. The lowest BCUT2D eigenvalue weighted by atomic mass is 9.78. The molecule has 1 atom stereocenters. The number of hydrogen-bond acceptors (Lipinski definition) is 4. The molecule has 0 spiro atoms. The third-order valence-electron chi connectivity index (χ3n) is 4.56. The Hall–Kier alpha value is -0.355. The van der Waals surface area contributed by atoms with Gasteiger partial charge in [0.05, 0.1) is 11.2 Å². The summed E-state index contributed by atoms with van der Waals surface area (Å²) in [5, 5.41) is 0. The Morgan fingerprint density at radius 2 is 1.68 bits per heavy atom. The molecule has 0 unspecified atom stereocenters. The van der Waals surface area contributed by atoms with Gasteiger partial charge in [-0.1, -0.05) is 6.08 Å². The monoisotopic (exact) mass is 268 g/mol. The fourth-order valence-electron chi connectivity index (χ4n) is 2.63. The largest absolute Gasteiger partial charge is 0.490 e. The smallest absolute Gasteiger partial charge is 0.400 e. The Bertz CT molecular complexity index is 344. The average molecular weight is 268 g/mol. The third-order valence-corrected chi connectivity index (χ3v) is 4.56. The molecule has 5 heteroatoms. The van der Waals surface area contributed by atoms with Crippen molar-refractivity contribution in [2.24, 2.45) is 5.92 Å². The lowest BCUT2D eigenvalue weighted by Crippen LogP contribution is -2.41. The van der Waals surface area contributed by atoms with Crippen LogP contribution in [0.2, 0.25) is 0 Å². The highest BCUT2D eigenvalue weighted by Gasteiger charge is 2.52. The number of allylic oxidation sites excluding steroid dienone is 1. The maximum atomic E-state index is 6.07. The predicted molar refractivity (Wildman–Crippen MR) is 74.7 cm³/mol. The molecular formula is C14H25BO4. The van der Waals surface area contributed by atoms with E-state index >= 15 is 0 Å². The molecule has 0 aromatic heterocycles. The van der Waals surface area contributed by atoms with Gasteiger partial charge in [0.15, 0.2) is 6.29 Å². The van der Waals surface area contributed by atoms with E-state index in [0.717, 1.165) is 12.8 Å². The van der Waals surface area contributed by atoms with Crippen molar-refractivity contribution in [1.82, 2.24) is 0 Å².